The summed E-state index contributed by atoms with van der Waals surface area (Å²) in [4.78, 5) is 19.1. The molecule has 4 nitrogen and oxygen atoms in total. The van der Waals surface area contributed by atoms with Gasteiger partial charge in [0.15, 0.2) is 0 Å². The van der Waals surface area contributed by atoms with Gasteiger partial charge in [-0.1, -0.05) is 18.2 Å². The molecule has 0 spiro atoms. The van der Waals surface area contributed by atoms with Gasteiger partial charge in [-0.3, -0.25) is 9.78 Å². The van der Waals surface area contributed by atoms with E-state index in [-0.39, 0.29) is 11.9 Å². The summed E-state index contributed by atoms with van der Waals surface area (Å²) < 4.78 is 0. The fraction of sp³-hybridized carbons (Fsp3) is 0.294. The van der Waals surface area contributed by atoms with Crippen molar-refractivity contribution in [2.75, 3.05) is 10.6 Å². The second-order valence-corrected chi connectivity index (χ2v) is 5.59. The molecule has 1 aromatic heterocycles. The first kappa shape index (κ1) is 13.6. The van der Waals surface area contributed by atoms with Gasteiger partial charge < -0.3 is 10.6 Å². The number of hydrogen-bond acceptors (Lipinski definition) is 3. The number of benzene rings is 1. The molecule has 2 aromatic rings. The minimum Gasteiger partial charge on any atom is -0.397 e. The summed E-state index contributed by atoms with van der Waals surface area (Å²) in [5.41, 5.74) is 9.82. The van der Waals surface area contributed by atoms with E-state index in [1.165, 1.54) is 5.56 Å². The van der Waals surface area contributed by atoms with Crippen LogP contribution in [0.5, 0.6) is 0 Å². The average molecular weight is 281 g/mol. The van der Waals surface area contributed by atoms with Gasteiger partial charge in [0.25, 0.3) is 5.91 Å². The topological polar surface area (TPSA) is 59.2 Å². The molecule has 2 N–H and O–H groups in total. The predicted octanol–water partition coefficient (Wildman–Crippen LogP) is 2.95. The van der Waals surface area contributed by atoms with Crippen LogP contribution in [0.25, 0.3) is 0 Å². The number of hydrogen-bond donors (Lipinski definition) is 1. The molecule has 1 aliphatic rings. The van der Waals surface area contributed by atoms with Gasteiger partial charge in [-0.05, 0) is 44.4 Å². The van der Waals surface area contributed by atoms with E-state index in [0.29, 0.717) is 16.9 Å². The molecule has 1 atom stereocenters. The Labute approximate surface area is 124 Å². The van der Waals surface area contributed by atoms with Gasteiger partial charge in [0.1, 0.15) is 0 Å². The largest absolute Gasteiger partial charge is 0.397 e. The summed E-state index contributed by atoms with van der Waals surface area (Å²) >= 11 is 0. The normalized spacial score (nSPS) is 17.4. The third-order valence-electron chi connectivity index (χ3n) is 4.08. The summed E-state index contributed by atoms with van der Waals surface area (Å²) in [5, 5.41) is 0. The van der Waals surface area contributed by atoms with Crippen LogP contribution in [0.15, 0.2) is 36.5 Å². The molecule has 0 saturated heterocycles. The minimum absolute atomic E-state index is 0.0213. The SMILES string of the molecule is Cc1ncc(N)cc1C(=O)N1c2ccccc2CCC1C. The number of pyridine rings is 1. The maximum absolute atomic E-state index is 13.0. The number of carbonyl (C=O) groups excluding carboxylic acids is 1. The van der Waals surface area contributed by atoms with Crippen LogP contribution >= 0.6 is 0 Å². The highest BCUT2D eigenvalue weighted by Crippen LogP contribution is 2.32. The molecule has 1 amide bonds. The molecule has 108 valence electrons. The highest BCUT2D eigenvalue weighted by molar-refractivity contribution is 6.08. The summed E-state index contributed by atoms with van der Waals surface area (Å²) in [5.74, 6) is -0.0213. The van der Waals surface area contributed by atoms with Crippen molar-refractivity contribution >= 4 is 17.3 Å². The molecule has 1 unspecified atom stereocenters. The van der Waals surface area contributed by atoms with Gasteiger partial charge in [0.2, 0.25) is 0 Å². The first-order valence-corrected chi connectivity index (χ1v) is 7.21. The second-order valence-electron chi connectivity index (χ2n) is 5.59. The lowest BCUT2D eigenvalue weighted by atomic mass is 9.95. The van der Waals surface area contributed by atoms with Gasteiger partial charge >= 0.3 is 0 Å². The van der Waals surface area contributed by atoms with Crippen LogP contribution in [0.2, 0.25) is 0 Å². The van der Waals surface area contributed by atoms with Crippen molar-refractivity contribution in [1.82, 2.24) is 4.98 Å². The fourth-order valence-corrected chi connectivity index (χ4v) is 2.89. The number of aromatic nitrogens is 1. The van der Waals surface area contributed by atoms with Crippen molar-refractivity contribution in [3.8, 4) is 0 Å². The van der Waals surface area contributed by atoms with E-state index < -0.39 is 0 Å². The summed E-state index contributed by atoms with van der Waals surface area (Å²) in [7, 11) is 0. The molecule has 0 fully saturated rings. The number of amides is 1. The van der Waals surface area contributed by atoms with Crippen molar-refractivity contribution in [1.29, 1.82) is 0 Å². The first-order valence-electron chi connectivity index (χ1n) is 7.21. The fourth-order valence-electron chi connectivity index (χ4n) is 2.89. The molecule has 21 heavy (non-hydrogen) atoms. The van der Waals surface area contributed by atoms with E-state index in [2.05, 4.69) is 18.0 Å². The number of nitrogens with two attached hydrogens (primary N) is 1. The lowest BCUT2D eigenvalue weighted by Gasteiger charge is -2.35. The van der Waals surface area contributed by atoms with Crippen LogP contribution in [-0.2, 0) is 6.42 Å². The number of carbonyl (C=O) groups is 1. The van der Waals surface area contributed by atoms with Crippen LogP contribution in [0.3, 0.4) is 0 Å². The maximum atomic E-state index is 13.0. The third kappa shape index (κ3) is 2.37. The zero-order chi connectivity index (χ0) is 15.0. The number of rotatable bonds is 1. The lowest BCUT2D eigenvalue weighted by molar-refractivity contribution is 0.0974. The van der Waals surface area contributed by atoms with Crippen LogP contribution in [0.1, 0.15) is 35.0 Å². The Kier molecular flexibility index (Phi) is 3.37. The zero-order valence-corrected chi connectivity index (χ0v) is 12.3. The number of aryl methyl sites for hydroxylation is 2. The zero-order valence-electron chi connectivity index (χ0n) is 12.3. The Balaban J connectivity index is 2.07. The smallest absolute Gasteiger partial charge is 0.260 e. The Morgan fingerprint density at radius 2 is 2.14 bits per heavy atom. The molecular formula is C17H19N3O. The molecule has 0 radical (unpaired) electrons. The van der Waals surface area contributed by atoms with E-state index in [9.17, 15) is 4.79 Å². The summed E-state index contributed by atoms with van der Waals surface area (Å²) in [6, 6.07) is 9.98. The lowest BCUT2D eigenvalue weighted by Crippen LogP contribution is -2.42. The first-order chi connectivity index (χ1) is 10.1. The minimum atomic E-state index is -0.0213. The molecule has 1 aromatic carbocycles. The van der Waals surface area contributed by atoms with Crippen molar-refractivity contribution in [2.24, 2.45) is 0 Å². The van der Waals surface area contributed by atoms with Gasteiger partial charge in [-0.25, -0.2) is 0 Å². The van der Waals surface area contributed by atoms with Crippen molar-refractivity contribution in [2.45, 2.75) is 32.7 Å². The Bertz CT molecular complexity index is 696. The van der Waals surface area contributed by atoms with Crippen molar-refractivity contribution in [3.63, 3.8) is 0 Å². The molecule has 2 heterocycles. The Morgan fingerprint density at radius 1 is 1.38 bits per heavy atom. The number of nitrogens with zero attached hydrogens (tertiary/aromatic N) is 2. The maximum Gasteiger partial charge on any atom is 0.260 e. The van der Waals surface area contributed by atoms with Gasteiger partial charge in [0, 0.05) is 11.7 Å². The average Bonchev–Trinajstić information content (AvgIpc) is 2.49. The van der Waals surface area contributed by atoms with Gasteiger partial charge in [-0.2, -0.15) is 0 Å². The molecule has 0 aliphatic carbocycles. The third-order valence-corrected chi connectivity index (χ3v) is 4.08. The molecule has 0 saturated carbocycles. The molecular weight excluding hydrogens is 262 g/mol. The molecule has 0 bridgehead atoms. The summed E-state index contributed by atoms with van der Waals surface area (Å²) in [6.07, 6.45) is 3.56. The number of anilines is 2. The molecule has 4 heteroatoms. The number of nitrogen functional groups attached to an aromatic ring is 1. The molecule has 1 aliphatic heterocycles. The standard InChI is InChI=1S/C17H19N3O/c1-11-7-8-13-5-3-4-6-16(13)20(11)17(21)15-9-14(18)10-19-12(15)2/h3-6,9-11H,7-8,18H2,1-2H3. The number of para-hydroxylation sites is 1. The van der Waals surface area contributed by atoms with Crippen LogP contribution in [-0.4, -0.2) is 16.9 Å². The van der Waals surface area contributed by atoms with Crippen molar-refractivity contribution < 1.29 is 4.79 Å². The van der Waals surface area contributed by atoms with E-state index in [1.807, 2.05) is 30.0 Å². The van der Waals surface area contributed by atoms with Gasteiger partial charge in [-0.15, -0.1) is 0 Å². The highest BCUT2D eigenvalue weighted by atomic mass is 16.2. The second kappa shape index (κ2) is 5.20. The predicted molar refractivity (Wildman–Crippen MR) is 84.4 cm³/mol. The van der Waals surface area contributed by atoms with Crippen molar-refractivity contribution in [3.05, 3.63) is 53.3 Å². The monoisotopic (exact) mass is 281 g/mol. The van der Waals surface area contributed by atoms with Gasteiger partial charge in [0.05, 0.1) is 23.1 Å². The Hall–Kier alpha value is -2.36. The van der Waals surface area contributed by atoms with Crippen LogP contribution < -0.4 is 10.6 Å². The van der Waals surface area contributed by atoms with E-state index in [4.69, 9.17) is 5.73 Å². The molecule has 3 rings (SSSR count). The summed E-state index contributed by atoms with van der Waals surface area (Å²) in [6.45, 7) is 3.93. The van der Waals surface area contributed by atoms with Crippen LogP contribution in [0, 0.1) is 6.92 Å². The Morgan fingerprint density at radius 3 is 2.95 bits per heavy atom. The van der Waals surface area contributed by atoms with Crippen LogP contribution in [0.4, 0.5) is 11.4 Å². The van der Waals surface area contributed by atoms with E-state index in [0.717, 1.165) is 18.5 Å². The van der Waals surface area contributed by atoms with E-state index >= 15 is 0 Å². The number of fused-ring (bicyclic) bond motifs is 1. The quantitative estimate of drug-likeness (QED) is 0.874. The highest BCUT2D eigenvalue weighted by Gasteiger charge is 2.29. The van der Waals surface area contributed by atoms with E-state index in [1.54, 1.807) is 12.3 Å².